The fourth-order valence-electron chi connectivity index (χ4n) is 0.831. The molecule has 0 aliphatic rings. The van der Waals surface area contributed by atoms with Crippen molar-refractivity contribution >= 4 is 12.0 Å². The molecule has 0 bridgehead atoms. The van der Waals surface area contributed by atoms with Crippen LogP contribution in [0.1, 0.15) is 5.56 Å². The third-order valence-corrected chi connectivity index (χ3v) is 1.56. The summed E-state index contributed by atoms with van der Waals surface area (Å²) in [5, 5.41) is 6.65. The van der Waals surface area contributed by atoms with Crippen molar-refractivity contribution in [2.24, 2.45) is 0 Å². The van der Waals surface area contributed by atoms with Gasteiger partial charge in [-0.2, -0.15) is 0 Å². The quantitative estimate of drug-likeness (QED) is 0.710. The Kier molecular flexibility index (Phi) is 3.20. The summed E-state index contributed by atoms with van der Waals surface area (Å²) in [5.74, 6) is 0.321. The van der Waals surface area contributed by atoms with Gasteiger partial charge < -0.3 is 10.1 Å². The minimum atomic E-state index is -0.333. The second-order valence-corrected chi connectivity index (χ2v) is 2.71. The second-order valence-electron chi connectivity index (χ2n) is 2.71. The summed E-state index contributed by atoms with van der Waals surface area (Å²) in [6, 6.07) is 7.41. The topological polar surface area (TPSA) is 50.2 Å². The lowest BCUT2D eigenvalue weighted by Gasteiger charge is -2.02. The van der Waals surface area contributed by atoms with Gasteiger partial charge in [0.15, 0.2) is 6.61 Å². The summed E-state index contributed by atoms with van der Waals surface area (Å²) in [6.45, 7) is 1.92. The van der Waals surface area contributed by atoms with Gasteiger partial charge in [-0.15, -0.1) is 0 Å². The van der Waals surface area contributed by atoms with Crippen molar-refractivity contribution in [2.45, 2.75) is 6.92 Å². The van der Waals surface area contributed by atoms with Gasteiger partial charge in [0.25, 0.3) is 0 Å². The van der Waals surface area contributed by atoms with Crippen molar-refractivity contribution in [3.63, 3.8) is 0 Å². The van der Waals surface area contributed by atoms with Crippen LogP contribution >= 0.6 is 0 Å². The molecule has 0 spiro atoms. The number of ether oxygens (including phenoxy) is 1. The van der Waals surface area contributed by atoms with Crippen molar-refractivity contribution in [2.75, 3.05) is 6.61 Å². The molecule has 0 radical (unpaired) electrons. The van der Waals surface area contributed by atoms with Crippen LogP contribution in [-0.4, -0.2) is 18.6 Å². The van der Waals surface area contributed by atoms with Crippen molar-refractivity contribution in [1.29, 1.82) is 5.41 Å². The molecule has 0 aliphatic carbocycles. The number of rotatable bonds is 4. The molecule has 0 saturated carbocycles. The molecule has 68 valence electrons. The molecule has 0 saturated heterocycles. The number of aryl methyl sites for hydroxylation is 1. The Morgan fingerprint density at radius 1 is 1.46 bits per heavy atom. The molecule has 0 fully saturated rings. The largest absolute Gasteiger partial charge is 0.485 e. The molecule has 1 N–H and O–H groups in total. The van der Waals surface area contributed by atoms with Crippen molar-refractivity contribution in [3.05, 3.63) is 29.8 Å². The predicted octanol–water partition coefficient (Wildman–Crippen LogP) is 1.59. The average Bonchev–Trinajstić information content (AvgIpc) is 2.16. The summed E-state index contributed by atoms with van der Waals surface area (Å²) in [7, 11) is 0. The molecule has 3 nitrogen and oxygen atoms in total. The van der Waals surface area contributed by atoms with Crippen molar-refractivity contribution in [3.8, 4) is 5.75 Å². The summed E-state index contributed by atoms with van der Waals surface area (Å²) in [6.07, 6.45) is 0.758. The Labute approximate surface area is 76.9 Å². The first kappa shape index (κ1) is 9.45. The highest BCUT2D eigenvalue weighted by Crippen LogP contribution is 2.10. The van der Waals surface area contributed by atoms with Gasteiger partial charge in [0.05, 0.1) is 6.21 Å². The van der Waals surface area contributed by atoms with Crippen LogP contribution in [0.15, 0.2) is 24.3 Å². The van der Waals surface area contributed by atoms with E-state index in [1.807, 2.05) is 19.1 Å². The summed E-state index contributed by atoms with van der Waals surface area (Å²) < 4.78 is 5.11. The lowest BCUT2D eigenvalue weighted by molar-refractivity contribution is -0.114. The average molecular weight is 177 g/mol. The minimum absolute atomic E-state index is 0.0629. The maximum atomic E-state index is 10.7. The smallest absolute Gasteiger partial charge is 0.210 e. The van der Waals surface area contributed by atoms with Crippen LogP contribution < -0.4 is 4.74 Å². The zero-order valence-electron chi connectivity index (χ0n) is 7.41. The Morgan fingerprint density at radius 2 is 2.08 bits per heavy atom. The Morgan fingerprint density at radius 3 is 2.62 bits per heavy atom. The second kappa shape index (κ2) is 4.40. The van der Waals surface area contributed by atoms with Crippen LogP contribution in [0.3, 0.4) is 0 Å². The molecule has 13 heavy (non-hydrogen) atoms. The summed E-state index contributed by atoms with van der Waals surface area (Å²) >= 11 is 0. The van der Waals surface area contributed by atoms with E-state index in [0.717, 1.165) is 11.8 Å². The van der Waals surface area contributed by atoms with Crippen LogP contribution in [-0.2, 0) is 4.79 Å². The number of nitrogens with one attached hydrogen (secondary N) is 1. The molecule has 0 aliphatic heterocycles. The number of hydrogen-bond acceptors (Lipinski definition) is 3. The lowest BCUT2D eigenvalue weighted by atomic mass is 10.2. The number of Topliss-reactive ketones (excluding diaryl/α,β-unsaturated/α-hetero) is 1. The third kappa shape index (κ3) is 3.07. The van der Waals surface area contributed by atoms with Gasteiger partial charge >= 0.3 is 0 Å². The maximum absolute atomic E-state index is 10.7. The molecule has 3 heteroatoms. The standard InChI is InChI=1S/C10H11NO2/c1-8-2-4-10(5-3-8)13-7-9(12)6-11/h2-6,11H,7H2,1H3. The van der Waals surface area contributed by atoms with Crippen molar-refractivity contribution in [1.82, 2.24) is 0 Å². The number of hydrogen-bond donors (Lipinski definition) is 1. The molecular weight excluding hydrogens is 166 g/mol. The predicted molar refractivity (Wildman–Crippen MR) is 50.5 cm³/mol. The highest BCUT2D eigenvalue weighted by atomic mass is 16.5. The van der Waals surface area contributed by atoms with E-state index in [0.29, 0.717) is 5.75 Å². The molecule has 1 aromatic carbocycles. The first-order valence-corrected chi connectivity index (χ1v) is 3.95. The molecule has 0 heterocycles. The normalized spacial score (nSPS) is 9.31. The lowest BCUT2D eigenvalue weighted by Crippen LogP contribution is -2.11. The first-order valence-electron chi connectivity index (χ1n) is 3.95. The molecule has 0 aromatic heterocycles. The summed E-state index contributed by atoms with van der Waals surface area (Å²) in [4.78, 5) is 10.7. The van der Waals surface area contributed by atoms with E-state index >= 15 is 0 Å². The fraction of sp³-hybridized carbons (Fsp3) is 0.200. The fourth-order valence-corrected chi connectivity index (χ4v) is 0.831. The molecule has 0 amide bonds. The van der Waals surface area contributed by atoms with E-state index in [1.165, 1.54) is 0 Å². The highest BCUT2D eigenvalue weighted by Gasteiger charge is 1.97. The van der Waals surface area contributed by atoms with E-state index in [9.17, 15) is 4.79 Å². The van der Waals surface area contributed by atoms with Gasteiger partial charge in [0.2, 0.25) is 5.78 Å². The Hall–Kier alpha value is -1.64. The molecule has 1 rings (SSSR count). The maximum Gasteiger partial charge on any atom is 0.210 e. The molecule has 0 atom stereocenters. The van der Waals surface area contributed by atoms with Gasteiger partial charge in [0.1, 0.15) is 5.75 Å². The van der Waals surface area contributed by atoms with E-state index in [2.05, 4.69) is 0 Å². The minimum Gasteiger partial charge on any atom is -0.485 e. The number of benzene rings is 1. The number of carbonyl (C=O) groups excluding carboxylic acids is 1. The van der Waals surface area contributed by atoms with E-state index in [-0.39, 0.29) is 12.4 Å². The molecular formula is C10H11NO2. The Balaban J connectivity index is 2.50. The van der Waals surface area contributed by atoms with Gasteiger partial charge in [0, 0.05) is 0 Å². The summed E-state index contributed by atoms with van der Waals surface area (Å²) in [5.41, 5.74) is 1.14. The van der Waals surface area contributed by atoms with Gasteiger partial charge in [-0.05, 0) is 19.1 Å². The van der Waals surface area contributed by atoms with Gasteiger partial charge in [-0.1, -0.05) is 17.7 Å². The number of ketones is 1. The van der Waals surface area contributed by atoms with Crippen LogP contribution in [0.2, 0.25) is 0 Å². The SMILES string of the molecule is Cc1ccc(OCC(=O)C=N)cc1. The molecule has 1 aromatic rings. The van der Waals surface area contributed by atoms with Crippen LogP contribution in [0.4, 0.5) is 0 Å². The zero-order chi connectivity index (χ0) is 9.68. The third-order valence-electron chi connectivity index (χ3n) is 1.56. The van der Waals surface area contributed by atoms with Crippen LogP contribution in [0, 0.1) is 12.3 Å². The zero-order valence-corrected chi connectivity index (χ0v) is 7.41. The highest BCUT2D eigenvalue weighted by molar-refractivity contribution is 6.26. The monoisotopic (exact) mass is 177 g/mol. The van der Waals surface area contributed by atoms with Crippen LogP contribution in [0.5, 0.6) is 5.75 Å². The Bertz CT molecular complexity index is 303. The number of carbonyl (C=O) groups is 1. The van der Waals surface area contributed by atoms with E-state index in [1.54, 1.807) is 12.1 Å². The molecule has 0 unspecified atom stereocenters. The van der Waals surface area contributed by atoms with E-state index in [4.69, 9.17) is 10.1 Å². The van der Waals surface area contributed by atoms with Crippen molar-refractivity contribution < 1.29 is 9.53 Å². The van der Waals surface area contributed by atoms with Crippen LogP contribution in [0.25, 0.3) is 0 Å². The first-order chi connectivity index (χ1) is 6.22. The van der Waals surface area contributed by atoms with E-state index < -0.39 is 0 Å². The van der Waals surface area contributed by atoms with Gasteiger partial charge in [-0.3, -0.25) is 4.79 Å². The van der Waals surface area contributed by atoms with Gasteiger partial charge in [-0.25, -0.2) is 0 Å².